The molecule has 0 heterocycles. The van der Waals surface area contributed by atoms with Crippen LogP contribution in [0, 0.1) is 0 Å². The molecule has 0 unspecified atom stereocenters. The standard InChI is InChI=1S/C15H20O4/c1-10(6-5-9-15(2,3)19)13-11(14(17)18)7-4-8-12(13)16/h4,7-8,16,19H,1,5-6,9H2,2-3H3,(H,17,18). The van der Waals surface area contributed by atoms with E-state index >= 15 is 0 Å². The fraction of sp³-hybridized carbons (Fsp3) is 0.400. The Labute approximate surface area is 113 Å². The molecule has 0 saturated carbocycles. The molecule has 0 fully saturated rings. The molecule has 0 atom stereocenters. The maximum Gasteiger partial charge on any atom is 0.336 e. The van der Waals surface area contributed by atoms with Gasteiger partial charge in [0.05, 0.1) is 11.2 Å². The third-order valence-corrected chi connectivity index (χ3v) is 2.89. The van der Waals surface area contributed by atoms with Gasteiger partial charge < -0.3 is 15.3 Å². The summed E-state index contributed by atoms with van der Waals surface area (Å²) >= 11 is 0. The van der Waals surface area contributed by atoms with E-state index in [0.29, 0.717) is 24.8 Å². The molecule has 0 radical (unpaired) electrons. The highest BCUT2D eigenvalue weighted by Gasteiger charge is 2.17. The molecule has 0 spiro atoms. The van der Waals surface area contributed by atoms with Crippen LogP contribution >= 0.6 is 0 Å². The SMILES string of the molecule is C=C(CCCC(C)(C)O)c1c(O)cccc1C(=O)O. The number of aromatic carboxylic acids is 1. The van der Waals surface area contributed by atoms with E-state index in [1.165, 1.54) is 18.2 Å². The zero-order chi connectivity index (χ0) is 14.6. The number of aromatic hydroxyl groups is 1. The molecule has 0 aliphatic rings. The lowest BCUT2D eigenvalue weighted by Crippen LogP contribution is -2.17. The topological polar surface area (TPSA) is 77.8 Å². The molecule has 3 N–H and O–H groups in total. The number of hydrogen-bond acceptors (Lipinski definition) is 3. The number of phenols is 1. The van der Waals surface area contributed by atoms with E-state index in [9.17, 15) is 15.0 Å². The summed E-state index contributed by atoms with van der Waals surface area (Å²) in [4.78, 5) is 11.1. The van der Waals surface area contributed by atoms with Gasteiger partial charge in [-0.1, -0.05) is 12.6 Å². The second-order valence-corrected chi connectivity index (χ2v) is 5.27. The van der Waals surface area contributed by atoms with Gasteiger partial charge in [-0.3, -0.25) is 0 Å². The number of carboxylic acids is 1. The lowest BCUT2D eigenvalue weighted by atomic mass is 9.93. The van der Waals surface area contributed by atoms with Crippen LogP contribution in [0.5, 0.6) is 5.75 Å². The molecule has 104 valence electrons. The molecule has 0 saturated heterocycles. The largest absolute Gasteiger partial charge is 0.507 e. The Morgan fingerprint density at radius 2 is 2.00 bits per heavy atom. The first kappa shape index (κ1) is 15.2. The molecule has 0 amide bonds. The Balaban J connectivity index is 2.85. The lowest BCUT2D eigenvalue weighted by Gasteiger charge is -2.17. The first-order chi connectivity index (χ1) is 8.72. The highest BCUT2D eigenvalue weighted by molar-refractivity contribution is 5.95. The number of carbonyl (C=O) groups is 1. The first-order valence-electron chi connectivity index (χ1n) is 6.18. The maximum atomic E-state index is 11.1. The van der Waals surface area contributed by atoms with Crippen LogP contribution in [-0.4, -0.2) is 26.9 Å². The molecular formula is C15H20O4. The molecule has 4 nitrogen and oxygen atoms in total. The van der Waals surface area contributed by atoms with Crippen molar-refractivity contribution < 1.29 is 20.1 Å². The fourth-order valence-corrected chi connectivity index (χ4v) is 1.95. The van der Waals surface area contributed by atoms with Crippen LogP contribution in [0.25, 0.3) is 5.57 Å². The van der Waals surface area contributed by atoms with Crippen LogP contribution in [0.1, 0.15) is 49.0 Å². The van der Waals surface area contributed by atoms with E-state index in [1.807, 2.05) is 0 Å². The number of allylic oxidation sites excluding steroid dienone is 1. The van der Waals surface area contributed by atoms with Gasteiger partial charge >= 0.3 is 5.97 Å². The van der Waals surface area contributed by atoms with E-state index < -0.39 is 11.6 Å². The van der Waals surface area contributed by atoms with Gasteiger partial charge in [0.1, 0.15) is 5.75 Å². The minimum absolute atomic E-state index is 0.0493. The third kappa shape index (κ3) is 4.41. The van der Waals surface area contributed by atoms with Gasteiger partial charge in [-0.05, 0) is 50.8 Å². The highest BCUT2D eigenvalue weighted by atomic mass is 16.4. The summed E-state index contributed by atoms with van der Waals surface area (Å²) in [7, 11) is 0. The van der Waals surface area contributed by atoms with Crippen molar-refractivity contribution >= 4 is 11.5 Å². The Kier molecular flexibility index (Phi) is 4.72. The summed E-state index contributed by atoms with van der Waals surface area (Å²) in [6.07, 6.45) is 1.79. The summed E-state index contributed by atoms with van der Waals surface area (Å²) in [5.74, 6) is -1.16. The molecule has 1 rings (SSSR count). The van der Waals surface area contributed by atoms with Gasteiger partial charge in [-0.15, -0.1) is 0 Å². The van der Waals surface area contributed by atoms with E-state index in [-0.39, 0.29) is 16.9 Å². The van der Waals surface area contributed by atoms with Crippen LogP contribution < -0.4 is 0 Å². The van der Waals surface area contributed by atoms with Crippen molar-refractivity contribution in [3.05, 3.63) is 35.9 Å². The molecule has 4 heteroatoms. The lowest BCUT2D eigenvalue weighted by molar-refractivity contribution is 0.0683. The maximum absolute atomic E-state index is 11.1. The van der Waals surface area contributed by atoms with Crippen LogP contribution in [0.15, 0.2) is 24.8 Å². The average Bonchev–Trinajstić information content (AvgIpc) is 2.26. The smallest absolute Gasteiger partial charge is 0.336 e. The Bertz CT molecular complexity index is 483. The minimum atomic E-state index is -1.09. The molecular weight excluding hydrogens is 244 g/mol. The van der Waals surface area contributed by atoms with Crippen LogP contribution in [0.3, 0.4) is 0 Å². The number of rotatable bonds is 6. The van der Waals surface area contributed by atoms with Crippen molar-refractivity contribution in [2.75, 3.05) is 0 Å². The third-order valence-electron chi connectivity index (χ3n) is 2.89. The second-order valence-electron chi connectivity index (χ2n) is 5.27. The van der Waals surface area contributed by atoms with Crippen molar-refractivity contribution in [3.8, 4) is 5.75 Å². The summed E-state index contributed by atoms with van der Waals surface area (Å²) in [5, 5.41) is 28.5. The van der Waals surface area contributed by atoms with E-state index in [4.69, 9.17) is 5.11 Å². The van der Waals surface area contributed by atoms with Gasteiger partial charge in [0, 0.05) is 5.56 Å². The Morgan fingerprint density at radius 3 is 2.53 bits per heavy atom. The monoisotopic (exact) mass is 264 g/mol. The van der Waals surface area contributed by atoms with Gasteiger partial charge in [0.25, 0.3) is 0 Å². The zero-order valence-corrected chi connectivity index (χ0v) is 11.3. The molecule has 0 aliphatic carbocycles. The van der Waals surface area contributed by atoms with Gasteiger partial charge in [-0.2, -0.15) is 0 Å². The van der Waals surface area contributed by atoms with Crippen molar-refractivity contribution in [2.24, 2.45) is 0 Å². The number of phenolic OH excluding ortho intramolecular Hbond substituents is 1. The molecule has 0 aromatic heterocycles. The van der Waals surface area contributed by atoms with Crippen LogP contribution in [0.2, 0.25) is 0 Å². The van der Waals surface area contributed by atoms with Gasteiger partial charge in [0.2, 0.25) is 0 Å². The summed E-state index contributed by atoms with van der Waals surface area (Å²) in [6, 6.07) is 4.38. The van der Waals surface area contributed by atoms with Crippen LogP contribution in [0.4, 0.5) is 0 Å². The van der Waals surface area contributed by atoms with E-state index in [2.05, 4.69) is 6.58 Å². The first-order valence-corrected chi connectivity index (χ1v) is 6.18. The predicted octanol–water partition coefficient (Wildman–Crippen LogP) is 3.04. The fourth-order valence-electron chi connectivity index (χ4n) is 1.95. The van der Waals surface area contributed by atoms with Crippen LogP contribution in [-0.2, 0) is 0 Å². The molecule has 0 bridgehead atoms. The summed E-state index contributed by atoms with van der Waals surface area (Å²) in [5.41, 5.74) is 0.146. The molecule has 1 aromatic carbocycles. The van der Waals surface area contributed by atoms with E-state index in [1.54, 1.807) is 13.8 Å². The Hall–Kier alpha value is -1.81. The normalized spacial score (nSPS) is 11.3. The quantitative estimate of drug-likeness (QED) is 0.738. The number of aliphatic hydroxyl groups is 1. The molecule has 1 aromatic rings. The number of benzene rings is 1. The Morgan fingerprint density at radius 1 is 1.37 bits per heavy atom. The summed E-state index contributed by atoms with van der Waals surface area (Å²) in [6.45, 7) is 7.28. The van der Waals surface area contributed by atoms with Crippen molar-refractivity contribution in [1.82, 2.24) is 0 Å². The zero-order valence-electron chi connectivity index (χ0n) is 11.3. The number of hydrogen-bond donors (Lipinski definition) is 3. The van der Waals surface area contributed by atoms with E-state index in [0.717, 1.165) is 0 Å². The number of carboxylic acid groups (broad SMARTS) is 1. The van der Waals surface area contributed by atoms with Crippen molar-refractivity contribution in [3.63, 3.8) is 0 Å². The molecule has 19 heavy (non-hydrogen) atoms. The van der Waals surface area contributed by atoms with Gasteiger partial charge in [-0.25, -0.2) is 4.79 Å². The highest BCUT2D eigenvalue weighted by Crippen LogP contribution is 2.31. The van der Waals surface area contributed by atoms with Crippen molar-refractivity contribution in [2.45, 2.75) is 38.7 Å². The van der Waals surface area contributed by atoms with Crippen molar-refractivity contribution in [1.29, 1.82) is 0 Å². The summed E-state index contributed by atoms with van der Waals surface area (Å²) < 4.78 is 0. The second kappa shape index (κ2) is 5.89. The van der Waals surface area contributed by atoms with Gasteiger partial charge in [0.15, 0.2) is 0 Å². The average molecular weight is 264 g/mol. The molecule has 0 aliphatic heterocycles. The minimum Gasteiger partial charge on any atom is -0.507 e. The predicted molar refractivity (Wildman–Crippen MR) is 74.2 cm³/mol.